The maximum atomic E-state index is 12.4. The van der Waals surface area contributed by atoms with Crippen molar-refractivity contribution in [3.05, 3.63) is 59.2 Å². The molecule has 0 aliphatic heterocycles. The normalized spacial score (nSPS) is 11.8. The summed E-state index contributed by atoms with van der Waals surface area (Å²) >= 11 is 1.73. The Bertz CT molecular complexity index is 716. The molecule has 2 aromatic rings. The summed E-state index contributed by atoms with van der Waals surface area (Å²) in [5, 5.41) is 2.94. The Balaban J connectivity index is 2.13. The lowest BCUT2D eigenvalue weighted by molar-refractivity contribution is 0.0905. The molecule has 1 N–H and O–H groups in total. The number of hydrogen-bond donors (Lipinski definition) is 1. The van der Waals surface area contributed by atoms with Crippen LogP contribution in [-0.2, 0) is 10.5 Å². The van der Waals surface area contributed by atoms with Gasteiger partial charge in [0.2, 0.25) is 0 Å². The zero-order valence-electron chi connectivity index (χ0n) is 15.9. The van der Waals surface area contributed by atoms with E-state index in [1.54, 1.807) is 24.9 Å². The molecule has 0 fully saturated rings. The molecular weight excluding hydrogens is 346 g/mol. The van der Waals surface area contributed by atoms with Crippen LogP contribution in [0, 0.1) is 6.92 Å². The summed E-state index contributed by atoms with van der Waals surface area (Å²) in [5.74, 6) is 1.47. The smallest absolute Gasteiger partial charge is 0.251 e. The molecule has 26 heavy (non-hydrogen) atoms. The van der Waals surface area contributed by atoms with Crippen molar-refractivity contribution >= 4 is 17.7 Å². The molecule has 2 rings (SSSR count). The number of rotatable bonds is 9. The number of hydrogen-bond acceptors (Lipinski definition) is 4. The third kappa shape index (κ3) is 6.07. The average Bonchev–Trinajstić information content (AvgIpc) is 2.62. The van der Waals surface area contributed by atoms with Crippen LogP contribution in [0.5, 0.6) is 5.75 Å². The van der Waals surface area contributed by atoms with E-state index in [1.807, 2.05) is 26.0 Å². The molecule has 4 nitrogen and oxygen atoms in total. The number of amides is 1. The topological polar surface area (TPSA) is 47.6 Å². The van der Waals surface area contributed by atoms with Gasteiger partial charge >= 0.3 is 0 Å². The second kappa shape index (κ2) is 10.2. The highest BCUT2D eigenvalue weighted by molar-refractivity contribution is 7.98. The first kappa shape index (κ1) is 20.3. The van der Waals surface area contributed by atoms with Crippen molar-refractivity contribution in [2.75, 3.05) is 20.3 Å². The van der Waals surface area contributed by atoms with Crippen molar-refractivity contribution < 1.29 is 14.3 Å². The standard InChI is InChI=1S/C21H27NO3S/c1-5-25-20-11-8-17(21(23)22-16(3)13-24-4)12-18(20)14-26-19-9-6-15(2)7-10-19/h6-12,16H,5,13-14H2,1-4H3,(H,22,23)/t16-/m0/s1. The summed E-state index contributed by atoms with van der Waals surface area (Å²) < 4.78 is 10.8. The summed E-state index contributed by atoms with van der Waals surface area (Å²) in [6, 6.07) is 14.0. The molecule has 0 radical (unpaired) electrons. The maximum absolute atomic E-state index is 12.4. The lowest BCUT2D eigenvalue weighted by atomic mass is 10.1. The van der Waals surface area contributed by atoms with Crippen LogP contribution in [-0.4, -0.2) is 32.3 Å². The van der Waals surface area contributed by atoms with Crippen LogP contribution in [0.1, 0.15) is 35.3 Å². The molecule has 0 aliphatic carbocycles. The van der Waals surface area contributed by atoms with Gasteiger partial charge in [0.05, 0.1) is 13.2 Å². The van der Waals surface area contributed by atoms with Crippen LogP contribution in [0.25, 0.3) is 0 Å². The molecule has 1 amide bonds. The van der Waals surface area contributed by atoms with Crippen LogP contribution < -0.4 is 10.1 Å². The van der Waals surface area contributed by atoms with Gasteiger partial charge in [-0.05, 0) is 51.1 Å². The van der Waals surface area contributed by atoms with Crippen LogP contribution in [0.3, 0.4) is 0 Å². The van der Waals surface area contributed by atoms with Crippen molar-refractivity contribution in [2.45, 2.75) is 37.5 Å². The molecule has 0 aromatic heterocycles. The van der Waals surface area contributed by atoms with Gasteiger partial charge in [0.1, 0.15) is 5.75 Å². The van der Waals surface area contributed by atoms with Crippen molar-refractivity contribution in [1.29, 1.82) is 0 Å². The largest absolute Gasteiger partial charge is 0.494 e. The Kier molecular flexibility index (Phi) is 8.01. The van der Waals surface area contributed by atoms with Gasteiger partial charge in [0, 0.05) is 34.9 Å². The minimum absolute atomic E-state index is 0.0375. The van der Waals surface area contributed by atoms with Gasteiger partial charge in [-0.2, -0.15) is 0 Å². The summed E-state index contributed by atoms with van der Waals surface area (Å²) in [5.41, 5.74) is 2.90. The first-order chi connectivity index (χ1) is 12.5. The maximum Gasteiger partial charge on any atom is 0.251 e. The van der Waals surface area contributed by atoms with E-state index in [2.05, 4.69) is 36.5 Å². The molecule has 0 bridgehead atoms. The van der Waals surface area contributed by atoms with Gasteiger partial charge in [-0.25, -0.2) is 0 Å². The molecule has 140 valence electrons. The molecule has 5 heteroatoms. The fraction of sp³-hybridized carbons (Fsp3) is 0.381. The Morgan fingerprint density at radius 2 is 1.92 bits per heavy atom. The van der Waals surface area contributed by atoms with E-state index < -0.39 is 0 Å². The predicted octanol–water partition coefficient (Wildman–Crippen LogP) is 4.45. The fourth-order valence-electron chi connectivity index (χ4n) is 2.52. The zero-order valence-corrected chi connectivity index (χ0v) is 16.7. The van der Waals surface area contributed by atoms with Gasteiger partial charge in [-0.3, -0.25) is 4.79 Å². The van der Waals surface area contributed by atoms with E-state index in [-0.39, 0.29) is 11.9 Å². The molecule has 0 unspecified atom stereocenters. The lowest BCUT2D eigenvalue weighted by Crippen LogP contribution is -2.35. The molecule has 0 saturated heterocycles. The number of carbonyl (C=O) groups is 1. The van der Waals surface area contributed by atoms with Crippen LogP contribution in [0.15, 0.2) is 47.4 Å². The van der Waals surface area contributed by atoms with Gasteiger partial charge in [-0.15, -0.1) is 11.8 Å². The Morgan fingerprint density at radius 1 is 1.19 bits per heavy atom. The Hall–Kier alpha value is -1.98. The number of carbonyl (C=O) groups excluding carboxylic acids is 1. The highest BCUT2D eigenvalue weighted by atomic mass is 32.2. The minimum atomic E-state index is -0.0980. The summed E-state index contributed by atoms with van der Waals surface area (Å²) in [6.07, 6.45) is 0. The monoisotopic (exact) mass is 373 g/mol. The van der Waals surface area contributed by atoms with Crippen molar-refractivity contribution in [1.82, 2.24) is 5.32 Å². The van der Waals surface area contributed by atoms with E-state index in [0.29, 0.717) is 18.8 Å². The highest BCUT2D eigenvalue weighted by Gasteiger charge is 2.13. The second-order valence-corrected chi connectivity index (χ2v) is 7.24. The molecule has 1 atom stereocenters. The predicted molar refractivity (Wildman–Crippen MR) is 107 cm³/mol. The number of aryl methyl sites for hydroxylation is 1. The van der Waals surface area contributed by atoms with Gasteiger partial charge in [-0.1, -0.05) is 17.7 Å². The van der Waals surface area contributed by atoms with Crippen molar-refractivity contribution in [3.63, 3.8) is 0 Å². The van der Waals surface area contributed by atoms with Gasteiger partial charge in [0.25, 0.3) is 5.91 Å². The van der Waals surface area contributed by atoms with Crippen molar-refractivity contribution in [2.24, 2.45) is 0 Å². The van der Waals surface area contributed by atoms with Crippen LogP contribution in [0.4, 0.5) is 0 Å². The zero-order chi connectivity index (χ0) is 18.9. The number of benzene rings is 2. The lowest BCUT2D eigenvalue weighted by Gasteiger charge is -2.15. The molecular formula is C21H27NO3S. The number of thioether (sulfide) groups is 1. The first-order valence-corrected chi connectivity index (χ1v) is 9.77. The third-order valence-electron chi connectivity index (χ3n) is 3.83. The van der Waals surface area contributed by atoms with E-state index in [9.17, 15) is 4.79 Å². The first-order valence-electron chi connectivity index (χ1n) is 8.78. The SMILES string of the molecule is CCOc1ccc(C(=O)N[C@@H](C)COC)cc1CSc1ccc(C)cc1. The quantitative estimate of drug-likeness (QED) is 0.660. The number of methoxy groups -OCH3 is 1. The second-order valence-electron chi connectivity index (χ2n) is 6.19. The van der Waals surface area contributed by atoms with E-state index >= 15 is 0 Å². The van der Waals surface area contributed by atoms with Crippen molar-refractivity contribution in [3.8, 4) is 5.75 Å². The molecule has 2 aromatic carbocycles. The minimum Gasteiger partial charge on any atom is -0.494 e. The Morgan fingerprint density at radius 3 is 2.58 bits per heavy atom. The third-order valence-corrected chi connectivity index (χ3v) is 4.89. The summed E-state index contributed by atoms with van der Waals surface area (Å²) in [4.78, 5) is 13.6. The van der Waals surface area contributed by atoms with E-state index in [0.717, 1.165) is 17.1 Å². The fourth-order valence-corrected chi connectivity index (χ4v) is 3.40. The molecule has 0 spiro atoms. The van der Waals surface area contributed by atoms with E-state index in [4.69, 9.17) is 9.47 Å². The summed E-state index contributed by atoms with van der Waals surface area (Å²) in [6.45, 7) is 7.04. The van der Waals surface area contributed by atoms with Gasteiger partial charge in [0.15, 0.2) is 0 Å². The molecule has 0 saturated carbocycles. The summed E-state index contributed by atoms with van der Waals surface area (Å²) in [7, 11) is 1.62. The molecule has 0 heterocycles. The highest BCUT2D eigenvalue weighted by Crippen LogP contribution is 2.29. The number of ether oxygens (including phenoxy) is 2. The average molecular weight is 374 g/mol. The number of nitrogens with one attached hydrogen (secondary N) is 1. The molecule has 0 aliphatic rings. The van der Waals surface area contributed by atoms with Gasteiger partial charge < -0.3 is 14.8 Å². The Labute approximate surface area is 160 Å². The van der Waals surface area contributed by atoms with Crippen LogP contribution >= 0.6 is 11.8 Å². The van der Waals surface area contributed by atoms with Crippen LogP contribution in [0.2, 0.25) is 0 Å². The van der Waals surface area contributed by atoms with E-state index in [1.165, 1.54) is 10.5 Å².